The summed E-state index contributed by atoms with van der Waals surface area (Å²) in [7, 11) is 0. The zero-order chi connectivity index (χ0) is 13.4. The second kappa shape index (κ2) is 4.87. The Morgan fingerprint density at radius 1 is 1.00 bits per heavy atom. The van der Waals surface area contributed by atoms with Crippen molar-refractivity contribution >= 4 is 34.1 Å². The van der Waals surface area contributed by atoms with Gasteiger partial charge < -0.3 is 4.57 Å². The van der Waals surface area contributed by atoms with Crippen molar-refractivity contribution in [1.29, 1.82) is 0 Å². The summed E-state index contributed by atoms with van der Waals surface area (Å²) in [4.78, 5) is 0. The monoisotopic (exact) mass is 293 g/mol. The molecule has 0 saturated carbocycles. The highest BCUT2D eigenvalue weighted by atomic mass is 35.5. The fraction of sp³-hybridized carbons (Fsp3) is 0.0667. The van der Waals surface area contributed by atoms with Gasteiger partial charge in [0.15, 0.2) is 0 Å². The molecule has 2 aromatic carbocycles. The highest BCUT2D eigenvalue weighted by Gasteiger charge is 2.06. The molecule has 0 amide bonds. The van der Waals surface area contributed by atoms with Gasteiger partial charge in [-0.1, -0.05) is 35.3 Å². The molecule has 0 spiro atoms. The molecule has 0 aliphatic heterocycles. The molecule has 0 aliphatic carbocycles. The standard InChI is InChI=1S/C15H10Cl2FN/c16-12-3-1-10-5-6-19(15(10)7-12)9-11-2-4-13(18)8-14(11)17/h1-8H,9H2. The summed E-state index contributed by atoms with van der Waals surface area (Å²) in [6.45, 7) is 0.586. The Hall–Kier alpha value is -1.51. The Kier molecular flexibility index (Phi) is 3.21. The van der Waals surface area contributed by atoms with Crippen molar-refractivity contribution in [1.82, 2.24) is 4.57 Å². The molecule has 1 heterocycles. The Balaban J connectivity index is 2.03. The van der Waals surface area contributed by atoms with Crippen molar-refractivity contribution in [3.05, 3.63) is 70.1 Å². The fourth-order valence-electron chi connectivity index (χ4n) is 2.13. The lowest BCUT2D eigenvalue weighted by molar-refractivity contribution is 0.626. The van der Waals surface area contributed by atoms with E-state index < -0.39 is 0 Å². The van der Waals surface area contributed by atoms with E-state index in [9.17, 15) is 4.39 Å². The maximum Gasteiger partial charge on any atom is 0.124 e. The Labute approximate surface area is 120 Å². The lowest BCUT2D eigenvalue weighted by Gasteiger charge is -2.08. The first kappa shape index (κ1) is 12.5. The van der Waals surface area contributed by atoms with E-state index in [0.29, 0.717) is 16.6 Å². The number of aromatic nitrogens is 1. The number of fused-ring (bicyclic) bond motifs is 1. The van der Waals surface area contributed by atoms with Crippen LogP contribution >= 0.6 is 23.2 Å². The van der Waals surface area contributed by atoms with Gasteiger partial charge in [-0.25, -0.2) is 4.39 Å². The molecular weight excluding hydrogens is 284 g/mol. The van der Waals surface area contributed by atoms with E-state index >= 15 is 0 Å². The predicted molar refractivity (Wildman–Crippen MR) is 77.5 cm³/mol. The minimum atomic E-state index is -0.325. The fourth-order valence-corrected chi connectivity index (χ4v) is 2.52. The van der Waals surface area contributed by atoms with E-state index in [1.807, 2.05) is 35.0 Å². The van der Waals surface area contributed by atoms with Gasteiger partial charge in [0.2, 0.25) is 0 Å². The van der Waals surface area contributed by atoms with Crippen LogP contribution in [-0.4, -0.2) is 4.57 Å². The second-order valence-corrected chi connectivity index (χ2v) is 5.23. The Morgan fingerprint density at radius 2 is 1.84 bits per heavy atom. The molecule has 3 rings (SSSR count). The molecule has 3 aromatic rings. The Bertz CT molecular complexity index is 749. The molecular formula is C15H10Cl2FN. The second-order valence-electron chi connectivity index (χ2n) is 4.38. The maximum atomic E-state index is 13.0. The first-order valence-electron chi connectivity index (χ1n) is 5.82. The van der Waals surface area contributed by atoms with Crippen LogP contribution in [0.2, 0.25) is 10.0 Å². The molecule has 0 aliphatic rings. The van der Waals surface area contributed by atoms with Gasteiger partial charge >= 0.3 is 0 Å². The van der Waals surface area contributed by atoms with Crippen LogP contribution in [0, 0.1) is 5.82 Å². The summed E-state index contributed by atoms with van der Waals surface area (Å²) >= 11 is 12.1. The van der Waals surface area contributed by atoms with Crippen LogP contribution in [0.25, 0.3) is 10.9 Å². The highest BCUT2D eigenvalue weighted by Crippen LogP contribution is 2.24. The molecule has 0 fully saturated rings. The van der Waals surface area contributed by atoms with Crippen molar-refractivity contribution in [2.24, 2.45) is 0 Å². The lowest BCUT2D eigenvalue weighted by Crippen LogP contribution is -1.98. The summed E-state index contributed by atoms with van der Waals surface area (Å²) < 4.78 is 15.1. The smallest absolute Gasteiger partial charge is 0.124 e. The average molecular weight is 294 g/mol. The maximum absolute atomic E-state index is 13.0. The number of hydrogen-bond acceptors (Lipinski definition) is 0. The minimum absolute atomic E-state index is 0.325. The zero-order valence-corrected chi connectivity index (χ0v) is 11.4. The van der Waals surface area contributed by atoms with Crippen LogP contribution < -0.4 is 0 Å². The van der Waals surface area contributed by atoms with Crippen LogP contribution in [0.3, 0.4) is 0 Å². The average Bonchev–Trinajstić information content (AvgIpc) is 2.75. The predicted octanol–water partition coefficient (Wildman–Crippen LogP) is 5.14. The lowest BCUT2D eigenvalue weighted by atomic mass is 10.2. The first-order valence-corrected chi connectivity index (χ1v) is 6.57. The van der Waals surface area contributed by atoms with Gasteiger partial charge in [0.1, 0.15) is 5.82 Å². The van der Waals surface area contributed by atoms with E-state index in [1.54, 1.807) is 6.07 Å². The zero-order valence-electron chi connectivity index (χ0n) is 9.91. The summed E-state index contributed by atoms with van der Waals surface area (Å²) in [5, 5.41) is 2.24. The van der Waals surface area contributed by atoms with Crippen LogP contribution in [-0.2, 0) is 6.54 Å². The largest absolute Gasteiger partial charge is 0.343 e. The van der Waals surface area contributed by atoms with Crippen LogP contribution in [0.1, 0.15) is 5.56 Å². The third kappa shape index (κ3) is 2.46. The van der Waals surface area contributed by atoms with Gasteiger partial charge in [0, 0.05) is 28.3 Å². The molecule has 0 bridgehead atoms. The van der Waals surface area contributed by atoms with Crippen molar-refractivity contribution in [3.63, 3.8) is 0 Å². The molecule has 19 heavy (non-hydrogen) atoms. The first-order chi connectivity index (χ1) is 9.13. The van der Waals surface area contributed by atoms with Gasteiger partial charge in [-0.2, -0.15) is 0 Å². The Morgan fingerprint density at radius 3 is 2.63 bits per heavy atom. The normalized spacial score (nSPS) is 11.1. The molecule has 0 radical (unpaired) electrons. The summed E-state index contributed by atoms with van der Waals surface area (Å²) in [5.74, 6) is -0.325. The number of nitrogens with zero attached hydrogens (tertiary/aromatic N) is 1. The van der Waals surface area contributed by atoms with Crippen molar-refractivity contribution < 1.29 is 4.39 Å². The SMILES string of the molecule is Fc1ccc(Cn2ccc3ccc(Cl)cc32)c(Cl)c1. The molecule has 0 saturated heterocycles. The van der Waals surface area contributed by atoms with E-state index in [0.717, 1.165) is 16.5 Å². The van der Waals surface area contributed by atoms with E-state index in [2.05, 4.69) is 0 Å². The van der Waals surface area contributed by atoms with Crippen LogP contribution in [0.4, 0.5) is 4.39 Å². The van der Waals surface area contributed by atoms with E-state index in [1.165, 1.54) is 12.1 Å². The van der Waals surface area contributed by atoms with E-state index in [4.69, 9.17) is 23.2 Å². The quantitative estimate of drug-likeness (QED) is 0.617. The molecule has 1 aromatic heterocycles. The number of benzene rings is 2. The third-order valence-electron chi connectivity index (χ3n) is 3.09. The summed E-state index contributed by atoms with van der Waals surface area (Å²) in [6, 6.07) is 12.2. The van der Waals surface area contributed by atoms with Gasteiger partial charge in [0.25, 0.3) is 0 Å². The highest BCUT2D eigenvalue weighted by molar-refractivity contribution is 6.31. The van der Waals surface area contributed by atoms with Crippen molar-refractivity contribution in [3.8, 4) is 0 Å². The molecule has 4 heteroatoms. The summed E-state index contributed by atoms with van der Waals surface area (Å²) in [5.41, 5.74) is 1.91. The number of rotatable bonds is 2. The minimum Gasteiger partial charge on any atom is -0.343 e. The number of hydrogen-bond donors (Lipinski definition) is 0. The van der Waals surface area contributed by atoms with Gasteiger partial charge in [-0.15, -0.1) is 0 Å². The van der Waals surface area contributed by atoms with Gasteiger partial charge in [0.05, 0.1) is 0 Å². The molecule has 0 unspecified atom stereocenters. The molecule has 96 valence electrons. The van der Waals surface area contributed by atoms with Crippen molar-refractivity contribution in [2.45, 2.75) is 6.54 Å². The molecule has 0 atom stereocenters. The van der Waals surface area contributed by atoms with Crippen LogP contribution in [0.15, 0.2) is 48.7 Å². The number of halogens is 3. The molecule has 0 N–H and O–H groups in total. The van der Waals surface area contributed by atoms with Gasteiger partial charge in [-0.3, -0.25) is 0 Å². The van der Waals surface area contributed by atoms with E-state index in [-0.39, 0.29) is 5.82 Å². The van der Waals surface area contributed by atoms with Crippen LogP contribution in [0.5, 0.6) is 0 Å². The third-order valence-corrected chi connectivity index (χ3v) is 3.68. The van der Waals surface area contributed by atoms with Crippen molar-refractivity contribution in [2.75, 3.05) is 0 Å². The molecule has 1 nitrogen and oxygen atoms in total. The van der Waals surface area contributed by atoms with Gasteiger partial charge in [-0.05, 0) is 41.3 Å². The topological polar surface area (TPSA) is 4.93 Å². The summed E-state index contributed by atoms with van der Waals surface area (Å²) in [6.07, 6.45) is 1.97.